The Balaban J connectivity index is 1.68. The molecule has 118 valence electrons. The fraction of sp³-hybridized carbons (Fsp3) is 0.375. The first kappa shape index (κ1) is 14.1. The van der Waals surface area contributed by atoms with Crippen molar-refractivity contribution in [3.63, 3.8) is 0 Å². The van der Waals surface area contributed by atoms with E-state index in [1.807, 2.05) is 24.3 Å². The van der Waals surface area contributed by atoms with Crippen LogP contribution in [0.3, 0.4) is 0 Å². The largest absolute Gasteiger partial charge is 0.497 e. The van der Waals surface area contributed by atoms with E-state index in [9.17, 15) is 0 Å². The summed E-state index contributed by atoms with van der Waals surface area (Å²) in [7, 11) is 1.64. The first-order chi connectivity index (χ1) is 11.3. The molecule has 23 heavy (non-hydrogen) atoms. The lowest BCUT2D eigenvalue weighted by atomic mass is 10.1. The Morgan fingerprint density at radius 2 is 2.17 bits per heavy atom. The summed E-state index contributed by atoms with van der Waals surface area (Å²) in [6.07, 6.45) is 3.63. The van der Waals surface area contributed by atoms with Gasteiger partial charge in [-0.1, -0.05) is 5.21 Å². The summed E-state index contributed by atoms with van der Waals surface area (Å²) in [5, 5.41) is 8.34. The predicted octanol–water partition coefficient (Wildman–Crippen LogP) is 1.80. The van der Waals surface area contributed by atoms with Gasteiger partial charge in [-0.3, -0.25) is 0 Å². The van der Waals surface area contributed by atoms with Gasteiger partial charge in [0.1, 0.15) is 11.6 Å². The lowest BCUT2D eigenvalue weighted by molar-refractivity contribution is 0.185. The summed E-state index contributed by atoms with van der Waals surface area (Å²) >= 11 is 0. The van der Waals surface area contributed by atoms with Crippen molar-refractivity contribution in [2.24, 2.45) is 5.92 Å². The lowest BCUT2D eigenvalue weighted by Crippen LogP contribution is -2.08. The van der Waals surface area contributed by atoms with Crippen molar-refractivity contribution in [2.45, 2.75) is 12.8 Å². The molecule has 0 bridgehead atoms. The molecule has 0 amide bonds. The molecule has 1 fully saturated rings. The first-order valence-electron chi connectivity index (χ1n) is 7.63. The molecule has 4 rings (SSSR count). The molecule has 1 atom stereocenters. The zero-order valence-electron chi connectivity index (χ0n) is 12.8. The van der Waals surface area contributed by atoms with E-state index in [-0.39, 0.29) is 0 Å². The number of nitrogens with zero attached hydrogens (tertiary/aromatic N) is 5. The molecule has 1 aliphatic rings. The average molecular weight is 311 g/mol. The molecule has 7 heteroatoms. The Bertz CT molecular complexity index is 809. The van der Waals surface area contributed by atoms with Crippen LogP contribution in [0.15, 0.2) is 30.5 Å². The summed E-state index contributed by atoms with van der Waals surface area (Å²) in [5.41, 5.74) is 2.30. The zero-order chi connectivity index (χ0) is 15.6. The SMILES string of the molecule is COc1ccc(-n2nnc3cnc(C[C@@H]4CCOC4)nc32)cc1. The number of fused-ring (bicyclic) bond motifs is 1. The zero-order valence-corrected chi connectivity index (χ0v) is 12.8. The number of methoxy groups -OCH3 is 1. The third kappa shape index (κ3) is 2.75. The highest BCUT2D eigenvalue weighted by Gasteiger charge is 2.18. The van der Waals surface area contributed by atoms with E-state index in [4.69, 9.17) is 9.47 Å². The van der Waals surface area contributed by atoms with Gasteiger partial charge in [0, 0.05) is 19.6 Å². The number of ether oxygens (including phenoxy) is 2. The van der Waals surface area contributed by atoms with Gasteiger partial charge in [-0.05, 0) is 36.6 Å². The second-order valence-corrected chi connectivity index (χ2v) is 5.63. The van der Waals surface area contributed by atoms with Crippen LogP contribution < -0.4 is 4.74 Å². The van der Waals surface area contributed by atoms with E-state index >= 15 is 0 Å². The van der Waals surface area contributed by atoms with E-state index in [2.05, 4.69) is 20.3 Å². The van der Waals surface area contributed by atoms with Crippen molar-refractivity contribution in [1.29, 1.82) is 0 Å². The van der Waals surface area contributed by atoms with E-state index < -0.39 is 0 Å². The Labute approximate surface area is 133 Å². The number of hydrogen-bond donors (Lipinski definition) is 0. The maximum atomic E-state index is 5.42. The maximum absolute atomic E-state index is 5.42. The number of aromatic nitrogens is 5. The average Bonchev–Trinajstić information content (AvgIpc) is 3.24. The van der Waals surface area contributed by atoms with Crippen molar-refractivity contribution in [3.8, 4) is 11.4 Å². The predicted molar refractivity (Wildman–Crippen MR) is 83.6 cm³/mol. The van der Waals surface area contributed by atoms with Crippen molar-refractivity contribution in [2.75, 3.05) is 20.3 Å². The molecule has 0 saturated carbocycles. The Kier molecular flexibility index (Phi) is 3.63. The summed E-state index contributed by atoms with van der Waals surface area (Å²) in [6.45, 7) is 1.62. The van der Waals surface area contributed by atoms with Crippen LogP contribution in [0.4, 0.5) is 0 Å². The minimum Gasteiger partial charge on any atom is -0.497 e. The molecule has 3 aromatic rings. The van der Waals surface area contributed by atoms with E-state index in [0.29, 0.717) is 11.4 Å². The molecule has 0 radical (unpaired) electrons. The third-order valence-electron chi connectivity index (χ3n) is 4.05. The van der Waals surface area contributed by atoms with Gasteiger partial charge in [0.15, 0.2) is 11.2 Å². The number of hydrogen-bond acceptors (Lipinski definition) is 6. The van der Waals surface area contributed by atoms with Crippen LogP contribution >= 0.6 is 0 Å². The summed E-state index contributed by atoms with van der Waals surface area (Å²) in [4.78, 5) is 9.06. The smallest absolute Gasteiger partial charge is 0.187 e. The van der Waals surface area contributed by atoms with Gasteiger partial charge >= 0.3 is 0 Å². The Hall–Kier alpha value is -2.54. The standard InChI is InChI=1S/C16H17N5O2/c1-22-13-4-2-12(3-5-13)21-16-14(19-20-21)9-17-15(18-16)8-11-6-7-23-10-11/h2-5,9,11H,6-8,10H2,1H3/t11-/m0/s1. The van der Waals surface area contributed by atoms with Crippen LogP contribution in [0.2, 0.25) is 0 Å². The molecule has 0 spiro atoms. The molecule has 1 aromatic carbocycles. The van der Waals surface area contributed by atoms with Gasteiger partial charge in [-0.25, -0.2) is 9.97 Å². The van der Waals surface area contributed by atoms with Crippen LogP contribution in [-0.2, 0) is 11.2 Å². The van der Waals surface area contributed by atoms with Crippen molar-refractivity contribution in [1.82, 2.24) is 25.0 Å². The minimum atomic E-state index is 0.498. The van der Waals surface area contributed by atoms with E-state index in [1.165, 1.54) is 0 Å². The topological polar surface area (TPSA) is 75.0 Å². The van der Waals surface area contributed by atoms with Crippen LogP contribution in [0, 0.1) is 5.92 Å². The van der Waals surface area contributed by atoms with E-state index in [1.54, 1.807) is 18.0 Å². The molecular weight excluding hydrogens is 294 g/mol. The van der Waals surface area contributed by atoms with Crippen LogP contribution in [0.5, 0.6) is 5.75 Å². The van der Waals surface area contributed by atoms with Crippen molar-refractivity contribution < 1.29 is 9.47 Å². The molecule has 0 N–H and O–H groups in total. The third-order valence-corrected chi connectivity index (χ3v) is 4.05. The number of benzene rings is 1. The highest BCUT2D eigenvalue weighted by molar-refractivity contribution is 5.70. The molecule has 7 nitrogen and oxygen atoms in total. The molecule has 1 aliphatic heterocycles. The Morgan fingerprint density at radius 1 is 1.30 bits per heavy atom. The summed E-state index contributed by atoms with van der Waals surface area (Å²) < 4.78 is 12.3. The minimum absolute atomic E-state index is 0.498. The van der Waals surface area contributed by atoms with Crippen molar-refractivity contribution in [3.05, 3.63) is 36.3 Å². The van der Waals surface area contributed by atoms with Crippen LogP contribution in [0.25, 0.3) is 16.9 Å². The fourth-order valence-electron chi connectivity index (χ4n) is 2.76. The second kappa shape index (κ2) is 5.92. The fourth-order valence-corrected chi connectivity index (χ4v) is 2.76. The van der Waals surface area contributed by atoms with Gasteiger partial charge in [-0.2, -0.15) is 4.68 Å². The second-order valence-electron chi connectivity index (χ2n) is 5.63. The molecule has 2 aromatic heterocycles. The molecule has 0 aliphatic carbocycles. The highest BCUT2D eigenvalue weighted by Crippen LogP contribution is 2.20. The van der Waals surface area contributed by atoms with Gasteiger partial charge in [0.05, 0.1) is 19.0 Å². The van der Waals surface area contributed by atoms with E-state index in [0.717, 1.165) is 49.0 Å². The Morgan fingerprint density at radius 3 is 2.91 bits per heavy atom. The van der Waals surface area contributed by atoms with Gasteiger partial charge in [0.2, 0.25) is 0 Å². The molecular formula is C16H17N5O2. The quantitative estimate of drug-likeness (QED) is 0.731. The van der Waals surface area contributed by atoms with Gasteiger partial charge in [-0.15, -0.1) is 5.10 Å². The maximum Gasteiger partial charge on any atom is 0.187 e. The van der Waals surface area contributed by atoms with Crippen LogP contribution in [-0.4, -0.2) is 45.3 Å². The van der Waals surface area contributed by atoms with Gasteiger partial charge < -0.3 is 9.47 Å². The monoisotopic (exact) mass is 311 g/mol. The summed E-state index contributed by atoms with van der Waals surface area (Å²) in [5.74, 6) is 2.11. The first-order valence-corrected chi connectivity index (χ1v) is 7.63. The van der Waals surface area contributed by atoms with Crippen LogP contribution in [0.1, 0.15) is 12.2 Å². The summed E-state index contributed by atoms with van der Waals surface area (Å²) in [6, 6.07) is 7.64. The van der Waals surface area contributed by atoms with Gasteiger partial charge in [0.25, 0.3) is 0 Å². The normalized spacial score (nSPS) is 17.7. The molecule has 3 heterocycles. The molecule has 1 saturated heterocycles. The van der Waals surface area contributed by atoms with Crippen molar-refractivity contribution >= 4 is 11.2 Å². The molecule has 0 unspecified atom stereocenters. The highest BCUT2D eigenvalue weighted by atomic mass is 16.5. The lowest BCUT2D eigenvalue weighted by Gasteiger charge is -2.06. The number of rotatable bonds is 4.